The van der Waals surface area contributed by atoms with Crippen molar-refractivity contribution in [2.75, 3.05) is 5.73 Å². The maximum absolute atomic E-state index is 13.2. The van der Waals surface area contributed by atoms with E-state index in [1.165, 1.54) is 18.2 Å². The van der Waals surface area contributed by atoms with Crippen LogP contribution in [0.25, 0.3) is 0 Å². The van der Waals surface area contributed by atoms with Crippen molar-refractivity contribution < 1.29 is 32.6 Å². The molecule has 4 rings (SSSR count). The van der Waals surface area contributed by atoms with Crippen molar-refractivity contribution in [2.45, 2.75) is 24.4 Å². The van der Waals surface area contributed by atoms with Crippen molar-refractivity contribution >= 4 is 17.4 Å². The number of aliphatic hydroxyl groups is 1. The van der Waals surface area contributed by atoms with Gasteiger partial charge >= 0.3 is 6.18 Å². The monoisotopic (exact) mass is 378 g/mol. The number of ketones is 1. The highest BCUT2D eigenvalue weighted by Gasteiger charge is 2.72. The molecule has 27 heavy (non-hydrogen) atoms. The minimum Gasteiger partial charge on any atom is -0.454 e. The number of hydrogen-bond acceptors (Lipinski definition) is 5. The van der Waals surface area contributed by atoms with Gasteiger partial charge in [0.05, 0.1) is 11.1 Å². The summed E-state index contributed by atoms with van der Waals surface area (Å²) in [5, 5.41) is 13.7. The summed E-state index contributed by atoms with van der Waals surface area (Å²) < 4.78 is 44.6. The Balaban J connectivity index is 2.02. The number of anilines is 1. The molecule has 0 spiro atoms. The molecule has 0 saturated heterocycles. The van der Waals surface area contributed by atoms with Crippen LogP contribution in [0.1, 0.15) is 34.0 Å². The van der Waals surface area contributed by atoms with Gasteiger partial charge in [-0.15, -0.1) is 0 Å². The Hall–Kier alpha value is -3.07. The minimum atomic E-state index is -4.65. The molecule has 2 aliphatic rings. The third kappa shape index (κ3) is 2.00. The molecule has 0 fully saturated rings. The first-order valence-electron chi connectivity index (χ1n) is 7.88. The predicted octanol–water partition coefficient (Wildman–Crippen LogP) is 2.05. The molecule has 0 bridgehead atoms. The number of ether oxygens (including phenoxy) is 1. The standard InChI is InChI=1S/C18H13F3N2O4/c1-8(24)23-16-10-6-5-9(18(19,20)21)7-13(10)27-17(16,26)11-3-2-4-12(22)14(11)15(16)25/h2-7,26H,22H2,1H3,(H,23,24)/t16-,17?/m0/s1. The van der Waals surface area contributed by atoms with Gasteiger partial charge in [0, 0.05) is 23.7 Å². The zero-order valence-electron chi connectivity index (χ0n) is 13.8. The van der Waals surface area contributed by atoms with Crippen LogP contribution >= 0.6 is 0 Å². The van der Waals surface area contributed by atoms with Gasteiger partial charge < -0.3 is 20.9 Å². The van der Waals surface area contributed by atoms with E-state index in [0.717, 1.165) is 19.1 Å². The molecule has 6 nitrogen and oxygen atoms in total. The maximum Gasteiger partial charge on any atom is 0.416 e. The number of carbonyl (C=O) groups is 2. The molecule has 4 N–H and O–H groups in total. The van der Waals surface area contributed by atoms with E-state index in [0.29, 0.717) is 6.07 Å². The van der Waals surface area contributed by atoms with E-state index >= 15 is 0 Å². The summed E-state index contributed by atoms with van der Waals surface area (Å²) in [4.78, 5) is 25.1. The molecular weight excluding hydrogens is 365 g/mol. The van der Waals surface area contributed by atoms with Gasteiger partial charge in [-0.05, 0) is 18.2 Å². The number of benzene rings is 2. The molecule has 1 aliphatic heterocycles. The zero-order chi connectivity index (χ0) is 19.8. The lowest BCUT2D eigenvalue weighted by molar-refractivity contribution is -0.175. The Morgan fingerprint density at radius 2 is 1.93 bits per heavy atom. The fourth-order valence-electron chi connectivity index (χ4n) is 3.81. The number of amides is 1. The number of hydrogen-bond donors (Lipinski definition) is 3. The number of Topliss-reactive ketones (excluding diaryl/α,β-unsaturated/α-hetero) is 1. The van der Waals surface area contributed by atoms with Gasteiger partial charge in [0.15, 0.2) is 0 Å². The number of carbonyl (C=O) groups excluding carboxylic acids is 2. The first-order valence-corrected chi connectivity index (χ1v) is 7.88. The number of alkyl halides is 3. The molecule has 2 atom stereocenters. The Bertz CT molecular complexity index is 1020. The third-order valence-electron chi connectivity index (χ3n) is 4.87. The number of nitrogen functional groups attached to an aromatic ring is 1. The van der Waals surface area contributed by atoms with Gasteiger partial charge in [-0.2, -0.15) is 13.2 Å². The molecule has 1 amide bonds. The van der Waals surface area contributed by atoms with E-state index < -0.39 is 34.8 Å². The second-order valence-electron chi connectivity index (χ2n) is 6.48. The smallest absolute Gasteiger partial charge is 0.416 e. The van der Waals surface area contributed by atoms with E-state index in [1.54, 1.807) is 0 Å². The first-order chi connectivity index (χ1) is 12.5. The molecule has 1 unspecified atom stereocenters. The van der Waals surface area contributed by atoms with Gasteiger partial charge in [0.1, 0.15) is 5.75 Å². The van der Waals surface area contributed by atoms with Gasteiger partial charge in [-0.25, -0.2) is 0 Å². The van der Waals surface area contributed by atoms with Crippen molar-refractivity contribution in [2.24, 2.45) is 0 Å². The summed E-state index contributed by atoms with van der Waals surface area (Å²) in [6.07, 6.45) is -4.65. The summed E-state index contributed by atoms with van der Waals surface area (Å²) in [7, 11) is 0. The average Bonchev–Trinajstić information content (AvgIpc) is 2.91. The maximum atomic E-state index is 13.2. The fraction of sp³-hybridized carbons (Fsp3) is 0.222. The van der Waals surface area contributed by atoms with Gasteiger partial charge in [-0.3, -0.25) is 9.59 Å². The van der Waals surface area contributed by atoms with Crippen LogP contribution in [0, 0.1) is 0 Å². The molecule has 0 radical (unpaired) electrons. The van der Waals surface area contributed by atoms with Crippen LogP contribution in [0.15, 0.2) is 36.4 Å². The molecule has 2 aromatic carbocycles. The summed E-state index contributed by atoms with van der Waals surface area (Å²) in [5.74, 6) is -4.20. The summed E-state index contributed by atoms with van der Waals surface area (Å²) in [6, 6.07) is 6.76. The second kappa shape index (κ2) is 5.01. The zero-order valence-corrected chi connectivity index (χ0v) is 13.8. The first kappa shape index (κ1) is 17.3. The Morgan fingerprint density at radius 3 is 2.56 bits per heavy atom. The quantitative estimate of drug-likeness (QED) is 0.660. The SMILES string of the molecule is CC(=O)N[C@@]12C(=O)c3c(N)cccc3C1(O)Oc1cc(C(F)(F)F)ccc12. The van der Waals surface area contributed by atoms with Crippen LogP contribution < -0.4 is 15.8 Å². The van der Waals surface area contributed by atoms with Crippen molar-refractivity contribution in [1.29, 1.82) is 0 Å². The lowest BCUT2D eigenvalue weighted by atomic mass is 9.82. The number of rotatable bonds is 1. The summed E-state index contributed by atoms with van der Waals surface area (Å²) in [6.45, 7) is 1.12. The van der Waals surface area contributed by atoms with E-state index in [2.05, 4.69) is 5.32 Å². The minimum absolute atomic E-state index is 0.0222. The average molecular weight is 378 g/mol. The molecule has 9 heteroatoms. The number of fused-ring (bicyclic) bond motifs is 5. The number of nitrogens with two attached hydrogens (primary N) is 1. The fourth-order valence-corrected chi connectivity index (χ4v) is 3.81. The van der Waals surface area contributed by atoms with E-state index in [9.17, 15) is 27.9 Å². The van der Waals surface area contributed by atoms with Crippen molar-refractivity contribution in [3.8, 4) is 5.75 Å². The van der Waals surface area contributed by atoms with Gasteiger partial charge in [0.25, 0.3) is 5.79 Å². The lowest BCUT2D eigenvalue weighted by Crippen LogP contribution is -2.59. The molecule has 1 heterocycles. The van der Waals surface area contributed by atoms with E-state index in [4.69, 9.17) is 10.5 Å². The van der Waals surface area contributed by atoms with Crippen molar-refractivity contribution in [1.82, 2.24) is 5.32 Å². The molecule has 140 valence electrons. The highest BCUT2D eigenvalue weighted by atomic mass is 19.4. The normalized spacial score (nSPS) is 25.4. The Kier molecular flexibility index (Phi) is 3.22. The van der Waals surface area contributed by atoms with Crippen LogP contribution in [-0.2, 0) is 22.3 Å². The topological polar surface area (TPSA) is 102 Å². The molecular formula is C18H13F3N2O4. The highest BCUT2D eigenvalue weighted by Crippen LogP contribution is 2.59. The summed E-state index contributed by atoms with van der Waals surface area (Å²) >= 11 is 0. The van der Waals surface area contributed by atoms with Gasteiger partial charge in [-0.1, -0.05) is 18.2 Å². The van der Waals surface area contributed by atoms with Crippen molar-refractivity contribution in [3.05, 3.63) is 58.7 Å². The van der Waals surface area contributed by atoms with Crippen LogP contribution in [0.4, 0.5) is 18.9 Å². The second-order valence-corrected chi connectivity index (χ2v) is 6.48. The molecule has 1 aliphatic carbocycles. The van der Waals surface area contributed by atoms with Crippen LogP contribution in [-0.4, -0.2) is 16.8 Å². The lowest BCUT2D eigenvalue weighted by Gasteiger charge is -2.34. The molecule has 2 aromatic rings. The molecule has 0 saturated carbocycles. The van der Waals surface area contributed by atoms with Crippen LogP contribution in [0.3, 0.4) is 0 Å². The summed E-state index contributed by atoms with van der Waals surface area (Å²) in [5.41, 5.74) is 2.64. The highest BCUT2D eigenvalue weighted by molar-refractivity contribution is 6.15. The Labute approximate surface area is 150 Å². The third-order valence-corrected chi connectivity index (χ3v) is 4.87. The van der Waals surface area contributed by atoms with Crippen LogP contribution in [0.5, 0.6) is 5.75 Å². The largest absolute Gasteiger partial charge is 0.454 e. The number of halogens is 3. The van der Waals surface area contributed by atoms with E-state index in [1.807, 2.05) is 0 Å². The van der Waals surface area contributed by atoms with Gasteiger partial charge in [0.2, 0.25) is 17.2 Å². The predicted molar refractivity (Wildman–Crippen MR) is 86.6 cm³/mol. The Morgan fingerprint density at radius 1 is 1.22 bits per heavy atom. The number of nitrogens with one attached hydrogen (secondary N) is 1. The molecule has 0 aromatic heterocycles. The van der Waals surface area contributed by atoms with Crippen molar-refractivity contribution in [3.63, 3.8) is 0 Å². The van der Waals surface area contributed by atoms with E-state index in [-0.39, 0.29) is 28.1 Å². The van der Waals surface area contributed by atoms with Crippen LogP contribution in [0.2, 0.25) is 0 Å².